The van der Waals surface area contributed by atoms with Crippen molar-refractivity contribution in [1.82, 2.24) is 0 Å². The molecule has 3 heteroatoms. The van der Waals surface area contributed by atoms with Gasteiger partial charge in [0.15, 0.2) is 0 Å². The number of anilines is 6. The fraction of sp³-hybridized carbons (Fsp3) is 0. The van der Waals surface area contributed by atoms with E-state index < -0.39 is 0 Å². The number of fused-ring (bicyclic) bond motifs is 10. The Balaban J connectivity index is 1.04. The molecule has 0 aliphatic carbocycles. The molecule has 16 aromatic rings. The average molecular weight is 997 g/mol. The van der Waals surface area contributed by atoms with E-state index in [9.17, 15) is 0 Å². The number of nitrogens with zero attached hydrogens (tertiary/aromatic N) is 2. The Morgan fingerprint density at radius 2 is 0.506 bits per heavy atom. The quantitative estimate of drug-likeness (QED) is 0.0963. The third-order valence-electron chi connectivity index (χ3n) is 17.9. The molecule has 362 valence electrons. The largest absolute Gasteiger partial charge is 0.311 e. The molecule has 2 aliphatic rings. The highest BCUT2D eigenvalue weighted by atomic mass is 15.2. The second-order valence-corrected chi connectivity index (χ2v) is 21.8. The fourth-order valence-electron chi connectivity index (χ4n) is 14.6. The van der Waals surface area contributed by atoms with Crippen LogP contribution in [-0.4, -0.2) is 6.71 Å². The molecule has 0 bridgehead atoms. The number of hydrogen-bond donors (Lipinski definition) is 0. The van der Waals surface area contributed by atoms with Gasteiger partial charge in [-0.1, -0.05) is 224 Å². The first-order chi connectivity index (χ1) is 39.2. The van der Waals surface area contributed by atoms with Gasteiger partial charge in [-0.15, -0.1) is 0 Å². The molecule has 2 heterocycles. The predicted octanol–water partition coefficient (Wildman–Crippen LogP) is 18.9. The van der Waals surface area contributed by atoms with Gasteiger partial charge < -0.3 is 9.80 Å². The summed E-state index contributed by atoms with van der Waals surface area (Å²) in [6.07, 6.45) is 0. The summed E-state index contributed by atoms with van der Waals surface area (Å²) in [7, 11) is 0. The van der Waals surface area contributed by atoms with Gasteiger partial charge in [0.1, 0.15) is 0 Å². The van der Waals surface area contributed by atoms with Gasteiger partial charge in [-0.3, -0.25) is 0 Å². The lowest BCUT2D eigenvalue weighted by Crippen LogP contribution is -2.61. The van der Waals surface area contributed by atoms with Crippen molar-refractivity contribution in [2.45, 2.75) is 0 Å². The van der Waals surface area contributed by atoms with E-state index in [1.165, 1.54) is 159 Å². The normalized spacial score (nSPS) is 13.0. The van der Waals surface area contributed by atoms with Crippen LogP contribution in [0.2, 0.25) is 0 Å². The molecule has 18 rings (SSSR count). The first-order valence-electron chi connectivity index (χ1n) is 27.6. The summed E-state index contributed by atoms with van der Waals surface area (Å²) in [5.74, 6) is 0. The summed E-state index contributed by atoms with van der Waals surface area (Å²) >= 11 is 0. The van der Waals surface area contributed by atoms with E-state index >= 15 is 0 Å². The zero-order chi connectivity index (χ0) is 51.4. The van der Waals surface area contributed by atoms with Crippen LogP contribution < -0.4 is 26.2 Å². The standard InChI is InChI=1S/C76H45BN2/c1-4-16-46(17-5-1)49-34-38-54(39-35-49)78-66-42-53(48-20-8-3-9-21-48)43-67-76(66)77(74-62-32-14-30-58-56-26-10-22-51-24-12-28-60(70(51)56)64(72(58)62)44-68(74)78)75-63-33-15-31-59-57-27-11-23-52-25-13-29-61(71(52)57)65(73(59)63)45-69(75)79(67)55-40-36-50(37-41-55)47-18-6-2-7-19-47/h1-45H. The maximum Gasteiger partial charge on any atom is 0.253 e. The lowest BCUT2D eigenvalue weighted by atomic mass is 9.32. The summed E-state index contributed by atoms with van der Waals surface area (Å²) in [6, 6.07) is 103. The topological polar surface area (TPSA) is 6.48 Å². The third-order valence-corrected chi connectivity index (χ3v) is 17.9. The van der Waals surface area contributed by atoms with Crippen molar-refractivity contribution in [3.05, 3.63) is 273 Å². The molecule has 0 fully saturated rings. The van der Waals surface area contributed by atoms with E-state index in [1.54, 1.807) is 0 Å². The Bertz CT molecular complexity index is 4860. The first-order valence-corrected chi connectivity index (χ1v) is 27.6. The predicted molar refractivity (Wildman–Crippen MR) is 339 cm³/mol. The van der Waals surface area contributed by atoms with Crippen molar-refractivity contribution < 1.29 is 0 Å². The molecule has 0 radical (unpaired) electrons. The molecular formula is C76H45BN2. The molecular weight excluding hydrogens is 952 g/mol. The molecule has 16 aromatic carbocycles. The molecule has 0 aromatic heterocycles. The van der Waals surface area contributed by atoms with Gasteiger partial charge in [0.25, 0.3) is 6.71 Å². The van der Waals surface area contributed by atoms with Crippen molar-refractivity contribution in [2.75, 3.05) is 9.80 Å². The number of benzene rings is 16. The Kier molecular flexibility index (Phi) is 8.78. The minimum Gasteiger partial charge on any atom is -0.311 e. The van der Waals surface area contributed by atoms with Gasteiger partial charge in [0.2, 0.25) is 0 Å². The lowest BCUT2D eigenvalue weighted by Gasteiger charge is -2.45. The van der Waals surface area contributed by atoms with Crippen molar-refractivity contribution in [1.29, 1.82) is 0 Å². The van der Waals surface area contributed by atoms with E-state index in [0.29, 0.717) is 0 Å². The molecule has 0 unspecified atom stereocenters. The molecule has 2 aliphatic heterocycles. The molecule has 0 saturated carbocycles. The van der Waals surface area contributed by atoms with Crippen molar-refractivity contribution in [3.8, 4) is 33.4 Å². The summed E-state index contributed by atoms with van der Waals surface area (Å²) < 4.78 is 0. The van der Waals surface area contributed by atoms with Gasteiger partial charge in [-0.05, 0) is 184 Å². The molecule has 0 N–H and O–H groups in total. The van der Waals surface area contributed by atoms with Gasteiger partial charge >= 0.3 is 0 Å². The van der Waals surface area contributed by atoms with E-state index in [-0.39, 0.29) is 6.71 Å². The molecule has 2 nitrogen and oxygen atoms in total. The maximum atomic E-state index is 2.62. The Morgan fingerprint density at radius 3 is 0.899 bits per heavy atom. The molecule has 0 spiro atoms. The third kappa shape index (κ3) is 5.96. The smallest absolute Gasteiger partial charge is 0.253 e. The highest BCUT2D eigenvalue weighted by Gasteiger charge is 2.46. The fourth-order valence-corrected chi connectivity index (χ4v) is 14.6. The van der Waals surface area contributed by atoms with E-state index in [4.69, 9.17) is 0 Å². The van der Waals surface area contributed by atoms with Crippen LogP contribution in [0.4, 0.5) is 34.1 Å². The zero-order valence-corrected chi connectivity index (χ0v) is 43.0. The minimum atomic E-state index is -0.158. The van der Waals surface area contributed by atoms with Gasteiger partial charge in [-0.2, -0.15) is 0 Å². The van der Waals surface area contributed by atoms with E-state index in [2.05, 4.69) is 283 Å². The SMILES string of the molecule is c1ccc(-c2ccc(N3c4cc(-c5ccccc5)cc5c4B(c4c3cc3c6cccc7cccc(c8cccc4c83)c76)c3c(cc4c6cccc7cccc(c8cccc3c84)c76)N5c3ccc(-c4ccccc4)cc3)cc2)cc1. The van der Waals surface area contributed by atoms with Crippen LogP contribution in [-0.2, 0) is 0 Å². The maximum absolute atomic E-state index is 2.62. The second kappa shape index (κ2) is 16.2. The van der Waals surface area contributed by atoms with Crippen LogP contribution in [0, 0.1) is 0 Å². The van der Waals surface area contributed by atoms with Crippen molar-refractivity contribution in [3.63, 3.8) is 0 Å². The van der Waals surface area contributed by atoms with Crippen LogP contribution >= 0.6 is 0 Å². The van der Waals surface area contributed by atoms with Crippen molar-refractivity contribution >= 4 is 143 Å². The van der Waals surface area contributed by atoms with E-state index in [0.717, 1.165) is 11.4 Å². The summed E-state index contributed by atoms with van der Waals surface area (Å²) in [5, 5.41) is 20.7. The lowest BCUT2D eigenvalue weighted by molar-refractivity contribution is 1.26. The van der Waals surface area contributed by atoms with Crippen LogP contribution in [0.15, 0.2) is 273 Å². The number of rotatable bonds is 5. The van der Waals surface area contributed by atoms with Crippen LogP contribution in [0.5, 0.6) is 0 Å². The molecule has 0 saturated heterocycles. The number of hydrogen-bond acceptors (Lipinski definition) is 2. The monoisotopic (exact) mass is 996 g/mol. The van der Waals surface area contributed by atoms with Crippen molar-refractivity contribution in [2.24, 2.45) is 0 Å². The first kappa shape index (κ1) is 42.9. The summed E-state index contributed by atoms with van der Waals surface area (Å²) in [4.78, 5) is 5.25. The Labute approximate surface area is 457 Å². The van der Waals surface area contributed by atoms with Gasteiger partial charge in [0, 0.05) is 34.1 Å². The van der Waals surface area contributed by atoms with Crippen LogP contribution in [0.3, 0.4) is 0 Å². The van der Waals surface area contributed by atoms with E-state index in [1.807, 2.05) is 0 Å². The summed E-state index contributed by atoms with van der Waals surface area (Å²) in [6.45, 7) is -0.158. The average Bonchev–Trinajstić information content (AvgIpc) is 3.65. The van der Waals surface area contributed by atoms with Gasteiger partial charge in [0.05, 0.1) is 0 Å². The molecule has 0 atom stereocenters. The minimum absolute atomic E-state index is 0.158. The Hall–Kier alpha value is -10.2. The second-order valence-electron chi connectivity index (χ2n) is 21.8. The highest BCUT2D eigenvalue weighted by molar-refractivity contribution is 7.03. The highest BCUT2D eigenvalue weighted by Crippen LogP contribution is 2.52. The van der Waals surface area contributed by atoms with Crippen LogP contribution in [0.25, 0.3) is 120 Å². The summed E-state index contributed by atoms with van der Waals surface area (Å²) in [5.41, 5.74) is 18.1. The van der Waals surface area contributed by atoms with Crippen LogP contribution in [0.1, 0.15) is 0 Å². The molecule has 0 amide bonds. The Morgan fingerprint density at radius 1 is 0.203 bits per heavy atom. The zero-order valence-electron chi connectivity index (χ0n) is 43.0. The molecule has 79 heavy (non-hydrogen) atoms. The van der Waals surface area contributed by atoms with Gasteiger partial charge in [-0.25, -0.2) is 0 Å².